The first-order valence-corrected chi connectivity index (χ1v) is 5.52. The van der Waals surface area contributed by atoms with Crippen LogP contribution in [0.3, 0.4) is 0 Å². The number of carbonyl (C=O) groups is 2. The zero-order valence-electron chi connectivity index (χ0n) is 9.86. The number of halogens is 3. The number of aromatic carboxylic acids is 1. The van der Waals surface area contributed by atoms with E-state index in [2.05, 4.69) is 5.32 Å². The number of nitrogens with zero attached hydrogens (tertiary/aromatic N) is 1. The van der Waals surface area contributed by atoms with Gasteiger partial charge >= 0.3 is 12.0 Å². The standard InChI is InChI=1S/C11H11ClF2N2O3/c1-16(5-9(13)14)11(19)15-8-4-6(10(17)18)2-3-7(8)12/h2-4,9H,5H2,1H3,(H,15,19)(H,17,18). The molecule has 1 aromatic rings. The molecule has 0 unspecified atom stereocenters. The quantitative estimate of drug-likeness (QED) is 0.896. The van der Waals surface area contributed by atoms with Gasteiger partial charge in [0.25, 0.3) is 6.43 Å². The third-order valence-corrected chi connectivity index (χ3v) is 2.54. The molecule has 8 heteroatoms. The number of hydrogen-bond donors (Lipinski definition) is 2. The number of rotatable bonds is 4. The zero-order valence-corrected chi connectivity index (χ0v) is 10.6. The first-order chi connectivity index (χ1) is 8.81. The Morgan fingerprint density at radius 1 is 1.47 bits per heavy atom. The molecule has 19 heavy (non-hydrogen) atoms. The number of carbonyl (C=O) groups excluding carboxylic acids is 1. The summed E-state index contributed by atoms with van der Waals surface area (Å²) < 4.78 is 24.2. The number of benzene rings is 1. The van der Waals surface area contributed by atoms with Gasteiger partial charge in [0.1, 0.15) is 0 Å². The number of carboxylic acid groups (broad SMARTS) is 1. The third-order valence-electron chi connectivity index (χ3n) is 2.21. The van der Waals surface area contributed by atoms with E-state index in [1.54, 1.807) is 0 Å². The average Bonchev–Trinajstić information content (AvgIpc) is 2.30. The summed E-state index contributed by atoms with van der Waals surface area (Å²) in [5.74, 6) is -1.19. The van der Waals surface area contributed by atoms with Crippen molar-refractivity contribution in [3.05, 3.63) is 28.8 Å². The van der Waals surface area contributed by atoms with E-state index in [4.69, 9.17) is 16.7 Å². The van der Waals surface area contributed by atoms with E-state index >= 15 is 0 Å². The van der Waals surface area contributed by atoms with Crippen molar-refractivity contribution in [2.45, 2.75) is 6.43 Å². The molecule has 5 nitrogen and oxygen atoms in total. The van der Waals surface area contributed by atoms with Crippen molar-refractivity contribution in [3.8, 4) is 0 Å². The van der Waals surface area contributed by atoms with Crippen LogP contribution in [0.2, 0.25) is 5.02 Å². The van der Waals surface area contributed by atoms with E-state index < -0.39 is 25.0 Å². The largest absolute Gasteiger partial charge is 0.478 e. The molecule has 0 radical (unpaired) electrons. The normalized spacial score (nSPS) is 10.4. The lowest BCUT2D eigenvalue weighted by atomic mass is 10.2. The molecule has 0 saturated heterocycles. The van der Waals surface area contributed by atoms with E-state index in [1.807, 2.05) is 0 Å². The molecule has 2 N–H and O–H groups in total. The number of hydrogen-bond acceptors (Lipinski definition) is 2. The van der Waals surface area contributed by atoms with Crippen molar-refractivity contribution in [2.24, 2.45) is 0 Å². The van der Waals surface area contributed by atoms with Crippen molar-refractivity contribution in [3.63, 3.8) is 0 Å². The van der Waals surface area contributed by atoms with Crippen molar-refractivity contribution in [1.82, 2.24) is 4.90 Å². The molecule has 1 rings (SSSR count). The molecule has 0 spiro atoms. The molecular formula is C11H11ClF2N2O3. The zero-order chi connectivity index (χ0) is 14.6. The van der Waals surface area contributed by atoms with Gasteiger partial charge in [-0.25, -0.2) is 18.4 Å². The maximum Gasteiger partial charge on any atom is 0.335 e. The molecule has 0 aliphatic heterocycles. The van der Waals surface area contributed by atoms with Gasteiger partial charge in [0.15, 0.2) is 0 Å². The van der Waals surface area contributed by atoms with Crippen LogP contribution in [-0.4, -0.2) is 42.0 Å². The summed E-state index contributed by atoms with van der Waals surface area (Å²) in [5, 5.41) is 11.2. The van der Waals surface area contributed by atoms with Crippen LogP contribution >= 0.6 is 11.6 Å². The molecule has 104 valence electrons. The van der Waals surface area contributed by atoms with Gasteiger partial charge in [0.2, 0.25) is 0 Å². The Morgan fingerprint density at radius 2 is 2.11 bits per heavy atom. The lowest BCUT2D eigenvalue weighted by Crippen LogP contribution is -2.35. The lowest BCUT2D eigenvalue weighted by Gasteiger charge is -2.18. The van der Waals surface area contributed by atoms with Crippen LogP contribution in [-0.2, 0) is 0 Å². The van der Waals surface area contributed by atoms with Crippen LogP contribution in [0.1, 0.15) is 10.4 Å². The van der Waals surface area contributed by atoms with Gasteiger partial charge < -0.3 is 15.3 Å². The second-order valence-electron chi connectivity index (χ2n) is 3.70. The van der Waals surface area contributed by atoms with Gasteiger partial charge in [0.05, 0.1) is 22.8 Å². The van der Waals surface area contributed by atoms with Crippen LogP contribution in [0, 0.1) is 0 Å². The molecular weight excluding hydrogens is 282 g/mol. The summed E-state index contributed by atoms with van der Waals surface area (Å²) in [5.41, 5.74) is -0.0242. The fraction of sp³-hybridized carbons (Fsp3) is 0.273. The van der Waals surface area contributed by atoms with Gasteiger partial charge in [-0.1, -0.05) is 11.6 Å². The smallest absolute Gasteiger partial charge is 0.335 e. The number of anilines is 1. The highest BCUT2D eigenvalue weighted by atomic mass is 35.5. The van der Waals surface area contributed by atoms with Gasteiger partial charge in [-0.15, -0.1) is 0 Å². The van der Waals surface area contributed by atoms with Gasteiger partial charge in [-0.3, -0.25) is 0 Å². The minimum Gasteiger partial charge on any atom is -0.478 e. The summed E-state index contributed by atoms with van der Waals surface area (Å²) in [6, 6.07) is 2.92. The molecule has 0 bridgehead atoms. The van der Waals surface area contributed by atoms with Gasteiger partial charge in [-0.2, -0.15) is 0 Å². The van der Waals surface area contributed by atoms with E-state index in [0.717, 1.165) is 11.0 Å². The Kier molecular flexibility index (Phi) is 5.05. The topological polar surface area (TPSA) is 69.6 Å². The second kappa shape index (κ2) is 6.33. The number of alkyl halides is 2. The van der Waals surface area contributed by atoms with E-state index in [0.29, 0.717) is 0 Å². The predicted octanol–water partition coefficient (Wildman–Crippen LogP) is 2.77. The Balaban J connectivity index is 2.84. The molecule has 0 saturated carbocycles. The first kappa shape index (κ1) is 15.2. The molecule has 0 aliphatic carbocycles. The summed E-state index contributed by atoms with van der Waals surface area (Å²) in [6.07, 6.45) is -2.66. The fourth-order valence-electron chi connectivity index (χ4n) is 1.25. The molecule has 0 aliphatic rings. The SMILES string of the molecule is CN(CC(F)F)C(=O)Nc1cc(C(=O)O)ccc1Cl. The Bertz CT molecular complexity index is 497. The van der Waals surface area contributed by atoms with Gasteiger partial charge in [-0.05, 0) is 18.2 Å². The number of nitrogens with one attached hydrogen (secondary N) is 1. The third kappa shape index (κ3) is 4.36. The van der Waals surface area contributed by atoms with Crippen LogP contribution < -0.4 is 5.32 Å². The highest BCUT2D eigenvalue weighted by molar-refractivity contribution is 6.33. The highest BCUT2D eigenvalue weighted by Crippen LogP contribution is 2.23. The summed E-state index contributed by atoms with van der Waals surface area (Å²) in [4.78, 5) is 23.1. The number of amides is 2. The molecule has 0 atom stereocenters. The molecule has 0 aromatic heterocycles. The van der Waals surface area contributed by atoms with Crippen molar-refractivity contribution < 1.29 is 23.5 Å². The van der Waals surface area contributed by atoms with Crippen LogP contribution in [0.5, 0.6) is 0 Å². The van der Waals surface area contributed by atoms with Crippen molar-refractivity contribution >= 4 is 29.3 Å². The first-order valence-electron chi connectivity index (χ1n) is 5.14. The maximum atomic E-state index is 12.1. The summed E-state index contributed by atoms with van der Waals surface area (Å²) >= 11 is 5.78. The maximum absolute atomic E-state index is 12.1. The Hall–Kier alpha value is -1.89. The molecule has 0 heterocycles. The summed E-state index contributed by atoms with van der Waals surface area (Å²) in [6.45, 7) is -0.734. The van der Waals surface area contributed by atoms with Crippen LogP contribution in [0.4, 0.5) is 19.3 Å². The Morgan fingerprint density at radius 3 is 2.63 bits per heavy atom. The molecule has 0 fully saturated rings. The second-order valence-corrected chi connectivity index (χ2v) is 4.11. The monoisotopic (exact) mass is 292 g/mol. The minimum absolute atomic E-state index is 0.0488. The van der Waals surface area contributed by atoms with Crippen LogP contribution in [0.25, 0.3) is 0 Å². The Labute approximate surface area is 112 Å². The number of urea groups is 1. The van der Waals surface area contributed by atoms with Crippen molar-refractivity contribution in [2.75, 3.05) is 18.9 Å². The number of carboxylic acids is 1. The average molecular weight is 293 g/mol. The summed E-state index contributed by atoms with van der Waals surface area (Å²) in [7, 11) is 1.19. The van der Waals surface area contributed by atoms with Crippen LogP contribution in [0.15, 0.2) is 18.2 Å². The van der Waals surface area contributed by atoms with E-state index in [1.165, 1.54) is 19.2 Å². The minimum atomic E-state index is -2.66. The fourth-order valence-corrected chi connectivity index (χ4v) is 1.42. The van der Waals surface area contributed by atoms with E-state index in [9.17, 15) is 18.4 Å². The predicted molar refractivity (Wildman–Crippen MR) is 66.1 cm³/mol. The highest BCUT2D eigenvalue weighted by Gasteiger charge is 2.16. The van der Waals surface area contributed by atoms with Gasteiger partial charge in [0, 0.05) is 7.05 Å². The lowest BCUT2D eigenvalue weighted by molar-refractivity contribution is 0.0697. The molecule has 2 amide bonds. The van der Waals surface area contributed by atoms with E-state index in [-0.39, 0.29) is 16.3 Å². The molecule has 1 aromatic carbocycles. The van der Waals surface area contributed by atoms with Crippen molar-refractivity contribution in [1.29, 1.82) is 0 Å².